The van der Waals surface area contributed by atoms with E-state index in [0.29, 0.717) is 0 Å². The first-order valence-corrected chi connectivity index (χ1v) is 5.87. The second kappa shape index (κ2) is 6.17. The van der Waals surface area contributed by atoms with Gasteiger partial charge in [0.2, 0.25) is 0 Å². The largest absolute Gasteiger partial charge is 0.433 e. The number of anilines is 2. The Balaban J connectivity index is 2.23. The Morgan fingerprint density at radius 3 is 2.57 bits per heavy atom. The van der Waals surface area contributed by atoms with Crippen LogP contribution in [-0.2, 0) is 0 Å². The van der Waals surface area contributed by atoms with Gasteiger partial charge in [0.1, 0.15) is 11.6 Å². The molecule has 2 rings (SSSR count). The van der Waals surface area contributed by atoms with Gasteiger partial charge < -0.3 is 15.8 Å². The number of para-hydroxylation sites is 2. The first-order valence-electron chi connectivity index (χ1n) is 5.87. The Morgan fingerprint density at radius 2 is 1.90 bits per heavy atom. The van der Waals surface area contributed by atoms with Crippen LogP contribution < -0.4 is 15.8 Å². The van der Waals surface area contributed by atoms with Crippen molar-refractivity contribution in [3.05, 3.63) is 53.8 Å². The van der Waals surface area contributed by atoms with Crippen molar-refractivity contribution in [1.29, 1.82) is 0 Å². The molecule has 0 aliphatic rings. The first kappa shape index (κ1) is 14.7. The van der Waals surface area contributed by atoms with Crippen LogP contribution in [0.15, 0.2) is 42.5 Å². The molecule has 0 heterocycles. The number of ether oxygens (including phenoxy) is 1. The molecule has 0 atom stereocenters. The molecule has 0 unspecified atom stereocenters. The highest BCUT2D eigenvalue weighted by molar-refractivity contribution is 6.08. The summed E-state index contributed by atoms with van der Waals surface area (Å²) < 4.78 is 41.8. The maximum Gasteiger partial charge on any atom is 0.387 e. The number of amides is 1. The molecule has 0 aliphatic heterocycles. The minimum Gasteiger partial charge on any atom is -0.433 e. The van der Waals surface area contributed by atoms with E-state index in [1.165, 1.54) is 24.3 Å². The average Bonchev–Trinajstić information content (AvgIpc) is 2.40. The van der Waals surface area contributed by atoms with Gasteiger partial charge in [-0.3, -0.25) is 4.79 Å². The van der Waals surface area contributed by atoms with Crippen LogP contribution in [0.2, 0.25) is 0 Å². The van der Waals surface area contributed by atoms with Gasteiger partial charge in [0.15, 0.2) is 0 Å². The highest BCUT2D eigenvalue weighted by Gasteiger charge is 2.14. The number of hydrogen-bond acceptors (Lipinski definition) is 3. The molecule has 0 radical (unpaired) electrons. The normalized spacial score (nSPS) is 10.5. The highest BCUT2D eigenvalue weighted by Crippen LogP contribution is 2.26. The Hall–Kier alpha value is -2.70. The summed E-state index contributed by atoms with van der Waals surface area (Å²) in [6.45, 7) is -3.01. The van der Waals surface area contributed by atoms with E-state index in [1.807, 2.05) is 0 Å². The molecule has 0 saturated heterocycles. The van der Waals surface area contributed by atoms with Crippen LogP contribution in [0.25, 0.3) is 0 Å². The van der Waals surface area contributed by atoms with Crippen LogP contribution in [0.5, 0.6) is 5.75 Å². The lowest BCUT2D eigenvalue weighted by Crippen LogP contribution is -2.15. The smallest absolute Gasteiger partial charge is 0.387 e. The lowest BCUT2D eigenvalue weighted by Gasteiger charge is -2.12. The highest BCUT2D eigenvalue weighted by atomic mass is 19.3. The minimum atomic E-state index is -3.01. The molecule has 2 aromatic carbocycles. The van der Waals surface area contributed by atoms with Gasteiger partial charge in [0.05, 0.1) is 11.3 Å². The molecule has 110 valence electrons. The third-order valence-corrected chi connectivity index (χ3v) is 2.61. The zero-order valence-electron chi connectivity index (χ0n) is 10.6. The quantitative estimate of drug-likeness (QED) is 0.851. The molecule has 0 aromatic heterocycles. The average molecular weight is 296 g/mol. The number of rotatable bonds is 4. The first-order chi connectivity index (χ1) is 9.97. The predicted molar refractivity (Wildman–Crippen MR) is 71.8 cm³/mol. The number of hydrogen-bond donors (Lipinski definition) is 2. The van der Waals surface area contributed by atoms with Crippen molar-refractivity contribution in [3.63, 3.8) is 0 Å². The van der Waals surface area contributed by atoms with E-state index in [2.05, 4.69) is 10.1 Å². The van der Waals surface area contributed by atoms with Gasteiger partial charge in [-0.2, -0.15) is 8.78 Å². The van der Waals surface area contributed by atoms with Gasteiger partial charge in [-0.1, -0.05) is 12.1 Å². The summed E-state index contributed by atoms with van der Waals surface area (Å²) in [6, 6.07) is 8.99. The summed E-state index contributed by atoms with van der Waals surface area (Å²) in [5.41, 5.74) is 5.58. The van der Waals surface area contributed by atoms with Crippen LogP contribution in [0.3, 0.4) is 0 Å². The molecule has 0 bridgehead atoms. The van der Waals surface area contributed by atoms with E-state index in [-0.39, 0.29) is 22.7 Å². The fourth-order valence-electron chi connectivity index (χ4n) is 1.70. The van der Waals surface area contributed by atoms with Crippen molar-refractivity contribution in [2.45, 2.75) is 6.61 Å². The van der Waals surface area contributed by atoms with E-state index in [4.69, 9.17) is 5.73 Å². The van der Waals surface area contributed by atoms with Crippen molar-refractivity contribution in [3.8, 4) is 5.75 Å². The number of halogens is 3. The fraction of sp³-hybridized carbons (Fsp3) is 0.0714. The van der Waals surface area contributed by atoms with Gasteiger partial charge in [-0.15, -0.1) is 0 Å². The van der Waals surface area contributed by atoms with Crippen LogP contribution >= 0.6 is 0 Å². The molecule has 3 N–H and O–H groups in total. The van der Waals surface area contributed by atoms with Crippen molar-refractivity contribution in [2.75, 3.05) is 11.1 Å². The number of benzene rings is 2. The number of nitrogens with two attached hydrogens (primary N) is 1. The zero-order valence-corrected chi connectivity index (χ0v) is 10.6. The van der Waals surface area contributed by atoms with Crippen LogP contribution in [-0.4, -0.2) is 12.5 Å². The second-order valence-corrected chi connectivity index (χ2v) is 4.06. The maximum atomic E-state index is 12.9. The lowest BCUT2D eigenvalue weighted by atomic mass is 10.1. The molecule has 0 saturated carbocycles. The topological polar surface area (TPSA) is 64.4 Å². The Kier molecular flexibility index (Phi) is 4.32. The van der Waals surface area contributed by atoms with Crippen molar-refractivity contribution >= 4 is 17.3 Å². The third kappa shape index (κ3) is 3.65. The summed E-state index contributed by atoms with van der Waals surface area (Å²) in [4.78, 5) is 12.0. The van der Waals surface area contributed by atoms with Crippen LogP contribution in [0.1, 0.15) is 10.4 Å². The van der Waals surface area contributed by atoms with Crippen molar-refractivity contribution < 1.29 is 22.7 Å². The van der Waals surface area contributed by atoms with Gasteiger partial charge in [0.25, 0.3) is 5.91 Å². The molecule has 7 heteroatoms. The minimum absolute atomic E-state index is 0.0308. The Morgan fingerprint density at radius 1 is 1.19 bits per heavy atom. The van der Waals surface area contributed by atoms with Crippen molar-refractivity contribution in [2.24, 2.45) is 0 Å². The van der Waals surface area contributed by atoms with Gasteiger partial charge >= 0.3 is 6.61 Å². The standard InChI is InChI=1S/C14H11F3N2O2/c15-8-5-6-9(10(18)7-8)13(20)19-11-3-1-2-4-12(11)21-14(16)17/h1-7,14H,18H2,(H,19,20). The number of carbonyl (C=O) groups excluding carboxylic acids is 1. The molecule has 21 heavy (non-hydrogen) atoms. The predicted octanol–water partition coefficient (Wildman–Crippen LogP) is 3.26. The lowest BCUT2D eigenvalue weighted by molar-refractivity contribution is -0.0493. The van der Waals surface area contributed by atoms with Gasteiger partial charge in [-0.25, -0.2) is 4.39 Å². The zero-order chi connectivity index (χ0) is 15.4. The van der Waals surface area contributed by atoms with Crippen LogP contribution in [0, 0.1) is 5.82 Å². The third-order valence-electron chi connectivity index (χ3n) is 2.61. The number of carbonyl (C=O) groups is 1. The Bertz CT molecular complexity index is 662. The molecule has 0 spiro atoms. The van der Waals surface area contributed by atoms with E-state index in [1.54, 1.807) is 6.07 Å². The number of nitrogen functional groups attached to an aromatic ring is 1. The second-order valence-electron chi connectivity index (χ2n) is 4.06. The SMILES string of the molecule is Nc1cc(F)ccc1C(=O)Nc1ccccc1OC(F)F. The molecular formula is C14H11F3N2O2. The molecule has 4 nitrogen and oxygen atoms in total. The van der Waals surface area contributed by atoms with E-state index < -0.39 is 18.3 Å². The summed E-state index contributed by atoms with van der Waals surface area (Å²) in [5.74, 6) is -1.41. The maximum absolute atomic E-state index is 12.9. The van der Waals surface area contributed by atoms with Crippen LogP contribution in [0.4, 0.5) is 24.5 Å². The summed E-state index contributed by atoms with van der Waals surface area (Å²) in [6.07, 6.45) is 0. The van der Waals surface area contributed by atoms with Gasteiger partial charge in [-0.05, 0) is 30.3 Å². The fourth-order valence-corrected chi connectivity index (χ4v) is 1.70. The number of alkyl halides is 2. The van der Waals surface area contributed by atoms with E-state index in [0.717, 1.165) is 12.1 Å². The molecule has 0 aliphatic carbocycles. The molecule has 0 fully saturated rings. The van der Waals surface area contributed by atoms with E-state index in [9.17, 15) is 18.0 Å². The molecule has 1 amide bonds. The molecule has 2 aromatic rings. The van der Waals surface area contributed by atoms with E-state index >= 15 is 0 Å². The monoisotopic (exact) mass is 296 g/mol. The van der Waals surface area contributed by atoms with Crippen molar-refractivity contribution in [1.82, 2.24) is 0 Å². The Labute approximate surface area is 118 Å². The summed E-state index contributed by atoms with van der Waals surface area (Å²) >= 11 is 0. The summed E-state index contributed by atoms with van der Waals surface area (Å²) in [5, 5.41) is 2.39. The summed E-state index contributed by atoms with van der Waals surface area (Å²) in [7, 11) is 0. The van der Waals surface area contributed by atoms with Gasteiger partial charge in [0, 0.05) is 5.69 Å². The molecular weight excluding hydrogens is 285 g/mol. The number of nitrogens with one attached hydrogen (secondary N) is 1.